The van der Waals surface area contributed by atoms with Gasteiger partial charge in [0.25, 0.3) is 0 Å². The van der Waals surface area contributed by atoms with E-state index >= 15 is 0 Å². The molecule has 0 aromatic carbocycles. The van der Waals surface area contributed by atoms with E-state index in [-0.39, 0.29) is 0 Å². The van der Waals surface area contributed by atoms with Gasteiger partial charge >= 0.3 is 0 Å². The van der Waals surface area contributed by atoms with Crippen LogP contribution in [0, 0.1) is 5.92 Å². The Morgan fingerprint density at radius 1 is 0.875 bits per heavy atom. The van der Waals surface area contributed by atoms with E-state index in [2.05, 4.69) is 16.7 Å². The number of hydrogen-bond acceptors (Lipinski definition) is 2. The van der Waals surface area contributed by atoms with Crippen LogP contribution in [-0.4, -0.2) is 14.4 Å². The minimum atomic E-state index is 0.665. The third-order valence-corrected chi connectivity index (χ3v) is 6.46. The Morgan fingerprint density at radius 2 is 1.58 bits per heavy atom. The molecule has 0 N–H and O–H groups in total. The Kier molecular flexibility index (Phi) is 3.68. The molecule has 126 valence electrons. The Hall–Kier alpha value is -1.64. The fourth-order valence-corrected chi connectivity index (χ4v) is 5.15. The molecule has 3 aliphatic carbocycles. The largest absolute Gasteiger partial charge is 0.297 e. The lowest BCUT2D eigenvalue weighted by molar-refractivity contribution is 0.428. The molecule has 0 saturated heterocycles. The Balaban J connectivity index is 1.55. The van der Waals surface area contributed by atoms with Gasteiger partial charge in [-0.25, -0.2) is 4.98 Å². The maximum atomic E-state index is 4.97. The van der Waals surface area contributed by atoms with Crippen LogP contribution >= 0.6 is 0 Å². The molecule has 2 saturated carbocycles. The molecule has 3 heteroatoms. The van der Waals surface area contributed by atoms with Crippen molar-refractivity contribution in [1.29, 1.82) is 0 Å². The predicted octanol–water partition coefficient (Wildman–Crippen LogP) is 5.30. The average Bonchev–Trinajstić information content (AvgIpc) is 3.27. The van der Waals surface area contributed by atoms with Crippen LogP contribution in [0.25, 0.3) is 11.2 Å². The average molecular weight is 321 g/mol. The molecule has 0 amide bonds. The van der Waals surface area contributed by atoms with E-state index in [0.29, 0.717) is 5.92 Å². The molecule has 0 spiro atoms. The Morgan fingerprint density at radius 3 is 2.33 bits per heavy atom. The molecule has 5 rings (SSSR count). The molecule has 24 heavy (non-hydrogen) atoms. The van der Waals surface area contributed by atoms with Crippen molar-refractivity contribution in [2.45, 2.75) is 76.5 Å². The van der Waals surface area contributed by atoms with Crippen LogP contribution < -0.4 is 0 Å². The van der Waals surface area contributed by atoms with E-state index in [4.69, 9.17) is 9.97 Å². The number of rotatable bonds is 2. The van der Waals surface area contributed by atoms with Crippen LogP contribution in [0.3, 0.4) is 0 Å². The summed E-state index contributed by atoms with van der Waals surface area (Å²) in [5.41, 5.74) is 6.57. The highest BCUT2D eigenvalue weighted by atomic mass is 15.0. The second-order valence-electron chi connectivity index (χ2n) is 7.98. The summed E-state index contributed by atoms with van der Waals surface area (Å²) in [7, 11) is 0. The molecule has 3 nitrogen and oxygen atoms in total. The van der Waals surface area contributed by atoms with Crippen LogP contribution in [0.1, 0.15) is 87.2 Å². The Bertz CT molecular complexity index is 774. The highest BCUT2D eigenvalue weighted by molar-refractivity contribution is 5.73. The molecular formula is C21H27N3. The lowest BCUT2D eigenvalue weighted by atomic mass is 9.83. The van der Waals surface area contributed by atoms with Gasteiger partial charge in [0.05, 0.1) is 23.3 Å². The Labute approximate surface area is 144 Å². The number of imidazole rings is 1. The lowest BCUT2D eigenvalue weighted by Gasteiger charge is -2.24. The molecule has 2 heterocycles. The van der Waals surface area contributed by atoms with Crippen LogP contribution in [0.4, 0.5) is 0 Å². The van der Waals surface area contributed by atoms with Crippen molar-refractivity contribution in [3.63, 3.8) is 0 Å². The summed E-state index contributed by atoms with van der Waals surface area (Å²) in [6.07, 6.45) is 21.4. The van der Waals surface area contributed by atoms with Crippen molar-refractivity contribution in [2.75, 3.05) is 0 Å². The van der Waals surface area contributed by atoms with Gasteiger partial charge in [-0.3, -0.25) is 9.38 Å². The maximum Gasteiger partial charge on any atom is 0.156 e. The van der Waals surface area contributed by atoms with E-state index in [0.717, 1.165) is 18.0 Å². The third kappa shape index (κ3) is 2.40. The molecule has 0 aliphatic heterocycles. The standard InChI is InChI=1S/C21H27N3/c1-3-7-15(8-4-1)17-11-12-18-21(17)24-14-19(23-20(24)13-22-18)16-9-5-2-6-10-16/h11,13-16H,1-10,12H2. The number of nitrogens with zero attached hydrogens (tertiary/aromatic N) is 3. The number of hydrogen-bond donors (Lipinski definition) is 0. The summed E-state index contributed by atoms with van der Waals surface area (Å²) < 4.78 is 2.37. The zero-order valence-electron chi connectivity index (χ0n) is 14.5. The molecule has 0 bridgehead atoms. The second-order valence-corrected chi connectivity index (χ2v) is 7.98. The van der Waals surface area contributed by atoms with E-state index in [1.54, 1.807) is 5.57 Å². The monoisotopic (exact) mass is 321 g/mol. The minimum Gasteiger partial charge on any atom is -0.297 e. The molecule has 2 fully saturated rings. The molecule has 0 unspecified atom stereocenters. The fraction of sp³-hybridized carbons (Fsp3) is 0.619. The van der Waals surface area contributed by atoms with Crippen LogP contribution in [0.15, 0.2) is 18.5 Å². The van der Waals surface area contributed by atoms with Crippen molar-refractivity contribution in [2.24, 2.45) is 5.92 Å². The quantitative estimate of drug-likeness (QED) is 0.751. The van der Waals surface area contributed by atoms with E-state index in [9.17, 15) is 0 Å². The van der Waals surface area contributed by atoms with Gasteiger partial charge in [0, 0.05) is 18.5 Å². The maximum absolute atomic E-state index is 4.97. The van der Waals surface area contributed by atoms with Gasteiger partial charge in [0.2, 0.25) is 0 Å². The molecule has 0 atom stereocenters. The highest BCUT2D eigenvalue weighted by Gasteiger charge is 2.28. The number of fused-ring (bicyclic) bond motifs is 3. The van der Waals surface area contributed by atoms with Gasteiger partial charge in [-0.05, 0) is 37.2 Å². The third-order valence-electron chi connectivity index (χ3n) is 6.46. The van der Waals surface area contributed by atoms with Gasteiger partial charge < -0.3 is 0 Å². The normalized spacial score (nSPS) is 22.8. The van der Waals surface area contributed by atoms with Crippen molar-refractivity contribution >= 4 is 11.2 Å². The van der Waals surface area contributed by atoms with Crippen molar-refractivity contribution < 1.29 is 0 Å². The molecule has 2 aromatic rings. The molecule has 2 aromatic heterocycles. The van der Waals surface area contributed by atoms with E-state index < -0.39 is 0 Å². The first kappa shape index (κ1) is 14.7. The number of aromatic nitrogens is 3. The van der Waals surface area contributed by atoms with Crippen molar-refractivity contribution in [3.8, 4) is 0 Å². The van der Waals surface area contributed by atoms with E-state index in [1.165, 1.54) is 81.3 Å². The van der Waals surface area contributed by atoms with Gasteiger partial charge in [-0.15, -0.1) is 0 Å². The summed E-state index contributed by atoms with van der Waals surface area (Å²) in [4.78, 5) is 9.72. The fourth-order valence-electron chi connectivity index (χ4n) is 5.15. The zero-order valence-corrected chi connectivity index (χ0v) is 14.5. The summed E-state index contributed by atoms with van der Waals surface area (Å²) in [5, 5.41) is 0. The zero-order chi connectivity index (χ0) is 15.9. The smallest absolute Gasteiger partial charge is 0.156 e. The summed E-state index contributed by atoms with van der Waals surface area (Å²) >= 11 is 0. The van der Waals surface area contributed by atoms with Gasteiger partial charge in [-0.1, -0.05) is 44.6 Å². The first-order chi connectivity index (χ1) is 11.9. The first-order valence-corrected chi connectivity index (χ1v) is 9.97. The van der Waals surface area contributed by atoms with Crippen LogP contribution in [0.2, 0.25) is 0 Å². The first-order valence-electron chi connectivity index (χ1n) is 9.97. The highest BCUT2D eigenvalue weighted by Crippen LogP contribution is 2.40. The topological polar surface area (TPSA) is 30.2 Å². The second kappa shape index (κ2) is 6.02. The van der Waals surface area contributed by atoms with Gasteiger partial charge in [0.1, 0.15) is 0 Å². The number of allylic oxidation sites excluding steroid dienone is 2. The molecule has 0 radical (unpaired) electrons. The predicted molar refractivity (Wildman–Crippen MR) is 97.1 cm³/mol. The van der Waals surface area contributed by atoms with Crippen LogP contribution in [0.5, 0.6) is 0 Å². The molecule has 3 aliphatic rings. The summed E-state index contributed by atoms with van der Waals surface area (Å²) in [6.45, 7) is 0. The summed E-state index contributed by atoms with van der Waals surface area (Å²) in [5.74, 6) is 1.41. The minimum absolute atomic E-state index is 0.665. The van der Waals surface area contributed by atoms with E-state index in [1.807, 2.05) is 6.20 Å². The molecular weight excluding hydrogens is 294 g/mol. The van der Waals surface area contributed by atoms with Crippen LogP contribution in [-0.2, 0) is 6.42 Å². The van der Waals surface area contributed by atoms with Crippen molar-refractivity contribution in [3.05, 3.63) is 35.6 Å². The van der Waals surface area contributed by atoms with Gasteiger partial charge in [-0.2, -0.15) is 0 Å². The van der Waals surface area contributed by atoms with Crippen molar-refractivity contribution in [1.82, 2.24) is 14.4 Å². The lowest BCUT2D eigenvalue weighted by Crippen LogP contribution is -2.10. The summed E-state index contributed by atoms with van der Waals surface area (Å²) in [6, 6.07) is 0. The van der Waals surface area contributed by atoms with Gasteiger partial charge in [0.15, 0.2) is 5.65 Å². The SMILES string of the molecule is C1=C(C2CCCCC2)c2c(ncc3nc(C4CCCCC4)cn23)C1.